The molecule has 0 fully saturated rings. The Morgan fingerprint density at radius 1 is 0.729 bits per heavy atom. The van der Waals surface area contributed by atoms with Gasteiger partial charge in [-0.25, -0.2) is 9.59 Å². The highest BCUT2D eigenvalue weighted by Crippen LogP contribution is 2.44. The first-order valence-corrected chi connectivity index (χ1v) is 16.5. The Bertz CT molecular complexity index is 1620. The molecule has 3 N–H and O–H groups in total. The number of benzene rings is 4. The van der Waals surface area contributed by atoms with Crippen LogP contribution in [0.25, 0.3) is 11.1 Å². The molecule has 48 heavy (non-hydrogen) atoms. The summed E-state index contributed by atoms with van der Waals surface area (Å²) < 4.78 is 11.4. The van der Waals surface area contributed by atoms with Gasteiger partial charge in [-0.1, -0.05) is 109 Å². The van der Waals surface area contributed by atoms with Crippen LogP contribution < -0.4 is 16.0 Å². The van der Waals surface area contributed by atoms with E-state index in [2.05, 4.69) is 40.2 Å². The van der Waals surface area contributed by atoms with E-state index in [-0.39, 0.29) is 38.0 Å². The topological polar surface area (TPSA) is 106 Å². The van der Waals surface area contributed by atoms with Gasteiger partial charge >= 0.3 is 12.1 Å². The molecular formula is C40H45N3O5. The summed E-state index contributed by atoms with van der Waals surface area (Å²) in [5, 5.41) is 8.82. The van der Waals surface area contributed by atoms with Crippen LogP contribution in [0.2, 0.25) is 0 Å². The number of nitrogens with one attached hydrogen (secondary N) is 3. The van der Waals surface area contributed by atoms with E-state index in [1.54, 1.807) is 27.8 Å². The summed E-state index contributed by atoms with van der Waals surface area (Å²) in [6, 6.07) is 36.2. The van der Waals surface area contributed by atoms with E-state index < -0.39 is 29.1 Å². The number of hydrogen-bond donors (Lipinski definition) is 3. The predicted molar refractivity (Wildman–Crippen MR) is 188 cm³/mol. The highest BCUT2D eigenvalue weighted by atomic mass is 16.6. The Labute approximate surface area is 283 Å². The fourth-order valence-corrected chi connectivity index (χ4v) is 6.35. The molecule has 8 heteroatoms. The highest BCUT2D eigenvalue weighted by Gasteiger charge is 2.47. The van der Waals surface area contributed by atoms with Crippen LogP contribution >= 0.6 is 0 Å². The number of alkyl carbamates (subject to hydrolysis) is 1. The van der Waals surface area contributed by atoms with Crippen molar-refractivity contribution in [2.75, 3.05) is 26.7 Å². The SMILES string of the molecule is CN[C@@](CCCNC(=O)OCC1c2ccccc2-c2ccccc21)(C(=O)NCC(c1ccccc1)c1ccccc1)C(=O)OC(C)(C)C. The van der Waals surface area contributed by atoms with Crippen molar-refractivity contribution in [2.45, 2.75) is 56.6 Å². The minimum absolute atomic E-state index is 0.0495. The normalized spacial score (nSPS) is 13.6. The number of fused-ring (bicyclic) bond motifs is 3. The lowest BCUT2D eigenvalue weighted by molar-refractivity contribution is -0.166. The fourth-order valence-electron chi connectivity index (χ4n) is 6.35. The van der Waals surface area contributed by atoms with Gasteiger partial charge in [0.05, 0.1) is 0 Å². The molecule has 0 radical (unpaired) electrons. The van der Waals surface area contributed by atoms with Gasteiger partial charge in [-0.05, 0) is 74.0 Å². The summed E-state index contributed by atoms with van der Waals surface area (Å²) in [5.74, 6) is -1.34. The highest BCUT2D eigenvalue weighted by molar-refractivity contribution is 6.07. The van der Waals surface area contributed by atoms with Crippen LogP contribution in [-0.2, 0) is 19.1 Å². The Hall–Kier alpha value is -4.95. The summed E-state index contributed by atoms with van der Waals surface area (Å²) in [6.45, 7) is 5.98. The summed E-state index contributed by atoms with van der Waals surface area (Å²) in [6.07, 6.45) is -0.143. The summed E-state index contributed by atoms with van der Waals surface area (Å²) in [7, 11) is 1.58. The minimum atomic E-state index is -1.67. The smallest absolute Gasteiger partial charge is 0.407 e. The van der Waals surface area contributed by atoms with E-state index in [1.807, 2.05) is 84.9 Å². The van der Waals surface area contributed by atoms with Crippen LogP contribution in [0.1, 0.15) is 67.7 Å². The number of likely N-dealkylation sites (N-methyl/N-ethyl adjacent to an activating group) is 1. The van der Waals surface area contributed by atoms with Crippen molar-refractivity contribution < 1.29 is 23.9 Å². The van der Waals surface area contributed by atoms with Crippen molar-refractivity contribution in [1.82, 2.24) is 16.0 Å². The van der Waals surface area contributed by atoms with Crippen molar-refractivity contribution in [3.63, 3.8) is 0 Å². The van der Waals surface area contributed by atoms with Gasteiger partial charge in [0.2, 0.25) is 0 Å². The standard InChI is InChI=1S/C40H45N3O5/c1-39(2,3)48-37(45)40(41-4,36(44)43-26-34(28-16-7-5-8-17-28)29-18-9-6-10-19-29)24-15-25-42-38(46)47-27-35-32-22-13-11-20-30(32)31-21-12-14-23-33(31)35/h5-14,16-23,34-35,41H,15,24-27H2,1-4H3,(H,42,46)(H,43,44)/t40-/m0/s1. The van der Waals surface area contributed by atoms with Crippen LogP contribution in [-0.4, -0.2) is 55.9 Å². The van der Waals surface area contributed by atoms with E-state index in [0.717, 1.165) is 33.4 Å². The van der Waals surface area contributed by atoms with E-state index in [9.17, 15) is 14.4 Å². The number of hydrogen-bond acceptors (Lipinski definition) is 6. The van der Waals surface area contributed by atoms with E-state index in [1.165, 1.54) is 0 Å². The van der Waals surface area contributed by atoms with Gasteiger partial charge in [-0.3, -0.25) is 10.1 Å². The third-order valence-electron chi connectivity index (χ3n) is 8.77. The second kappa shape index (κ2) is 15.3. The van der Waals surface area contributed by atoms with Gasteiger partial charge in [0.1, 0.15) is 12.2 Å². The molecule has 250 valence electrons. The second-order valence-electron chi connectivity index (χ2n) is 13.1. The molecule has 0 bridgehead atoms. The molecule has 0 aliphatic heterocycles. The van der Waals surface area contributed by atoms with Crippen molar-refractivity contribution in [3.8, 4) is 11.1 Å². The molecule has 4 aromatic carbocycles. The van der Waals surface area contributed by atoms with Crippen molar-refractivity contribution in [3.05, 3.63) is 131 Å². The van der Waals surface area contributed by atoms with Crippen LogP contribution in [0, 0.1) is 0 Å². The largest absolute Gasteiger partial charge is 0.458 e. The van der Waals surface area contributed by atoms with E-state index in [0.29, 0.717) is 6.42 Å². The predicted octanol–water partition coefficient (Wildman–Crippen LogP) is 6.55. The molecule has 0 spiro atoms. The van der Waals surface area contributed by atoms with Gasteiger partial charge in [-0.2, -0.15) is 0 Å². The number of amides is 2. The zero-order valence-corrected chi connectivity index (χ0v) is 28.1. The maximum atomic E-state index is 14.0. The summed E-state index contributed by atoms with van der Waals surface area (Å²) in [5.41, 5.74) is 4.19. The maximum Gasteiger partial charge on any atom is 0.407 e. The lowest BCUT2D eigenvalue weighted by Gasteiger charge is -2.33. The van der Waals surface area contributed by atoms with Gasteiger partial charge in [0, 0.05) is 24.9 Å². The number of rotatable bonds is 13. The van der Waals surface area contributed by atoms with Crippen LogP contribution in [0.5, 0.6) is 0 Å². The number of carbonyl (C=O) groups is 3. The third kappa shape index (κ3) is 7.94. The molecule has 4 aromatic rings. The molecule has 0 unspecified atom stereocenters. The van der Waals surface area contributed by atoms with Crippen LogP contribution in [0.15, 0.2) is 109 Å². The Morgan fingerprint density at radius 2 is 1.25 bits per heavy atom. The van der Waals surface area contributed by atoms with Gasteiger partial charge < -0.3 is 20.1 Å². The van der Waals surface area contributed by atoms with Crippen LogP contribution in [0.3, 0.4) is 0 Å². The zero-order chi connectivity index (χ0) is 34.1. The Morgan fingerprint density at radius 3 is 1.77 bits per heavy atom. The molecular weight excluding hydrogens is 602 g/mol. The van der Waals surface area contributed by atoms with Gasteiger partial charge in [0.15, 0.2) is 5.54 Å². The Balaban J connectivity index is 1.22. The van der Waals surface area contributed by atoms with Gasteiger partial charge in [0.25, 0.3) is 5.91 Å². The van der Waals surface area contributed by atoms with Gasteiger partial charge in [-0.15, -0.1) is 0 Å². The van der Waals surface area contributed by atoms with E-state index >= 15 is 0 Å². The lowest BCUT2D eigenvalue weighted by atomic mass is 9.89. The first kappa shape index (κ1) is 34.4. The summed E-state index contributed by atoms with van der Waals surface area (Å²) in [4.78, 5) is 40.4. The van der Waals surface area contributed by atoms with E-state index in [4.69, 9.17) is 9.47 Å². The summed E-state index contributed by atoms with van der Waals surface area (Å²) >= 11 is 0. The first-order chi connectivity index (χ1) is 23.1. The Kier molecular flexibility index (Phi) is 11.0. The van der Waals surface area contributed by atoms with Crippen molar-refractivity contribution in [1.29, 1.82) is 0 Å². The second-order valence-corrected chi connectivity index (χ2v) is 13.1. The number of ether oxygens (including phenoxy) is 2. The van der Waals surface area contributed by atoms with Crippen molar-refractivity contribution in [2.24, 2.45) is 0 Å². The minimum Gasteiger partial charge on any atom is -0.458 e. The molecule has 0 heterocycles. The lowest BCUT2D eigenvalue weighted by Crippen LogP contribution is -2.63. The maximum absolute atomic E-state index is 14.0. The number of esters is 1. The average molecular weight is 648 g/mol. The quantitative estimate of drug-likeness (QED) is 0.0864. The first-order valence-electron chi connectivity index (χ1n) is 16.5. The molecule has 1 aliphatic rings. The van der Waals surface area contributed by atoms with Crippen molar-refractivity contribution >= 4 is 18.0 Å². The molecule has 1 aliphatic carbocycles. The average Bonchev–Trinajstić information content (AvgIpc) is 3.41. The zero-order valence-electron chi connectivity index (χ0n) is 28.1. The molecule has 0 aromatic heterocycles. The molecule has 0 saturated heterocycles. The molecule has 8 nitrogen and oxygen atoms in total. The molecule has 0 saturated carbocycles. The van der Waals surface area contributed by atoms with Crippen LogP contribution in [0.4, 0.5) is 4.79 Å². The molecule has 5 rings (SSSR count). The molecule has 1 atom stereocenters. The fraction of sp³-hybridized carbons (Fsp3) is 0.325. The monoisotopic (exact) mass is 647 g/mol. The number of carbonyl (C=O) groups excluding carboxylic acids is 3. The third-order valence-corrected chi connectivity index (χ3v) is 8.77. The molecule has 2 amide bonds.